The van der Waals surface area contributed by atoms with Crippen LogP contribution in [0.5, 0.6) is 0 Å². The number of carbonyl (C=O) groups excluding carboxylic acids is 1. The molecule has 100 valence electrons. The van der Waals surface area contributed by atoms with Gasteiger partial charge in [0.05, 0.1) is 5.56 Å². The molecule has 0 aliphatic heterocycles. The molecule has 0 spiro atoms. The highest BCUT2D eigenvalue weighted by atomic mass is 19.1. The molecule has 18 heavy (non-hydrogen) atoms. The minimum absolute atomic E-state index is 0.116. The van der Waals surface area contributed by atoms with E-state index in [0.717, 1.165) is 13.0 Å². The lowest BCUT2D eigenvalue weighted by molar-refractivity contribution is 0.0950. The number of carbonyl (C=O) groups is 1. The number of Topliss-reactive ketones (excluding diaryl/α,β-unsaturated/α-hetero) is 1. The van der Waals surface area contributed by atoms with Crippen LogP contribution in [0.2, 0.25) is 0 Å². The van der Waals surface area contributed by atoms with Gasteiger partial charge in [-0.05, 0) is 32.0 Å². The Bertz CT molecular complexity index is 392. The van der Waals surface area contributed by atoms with Crippen molar-refractivity contribution in [1.82, 2.24) is 4.90 Å². The molecule has 0 N–H and O–H groups in total. The van der Waals surface area contributed by atoms with E-state index in [-0.39, 0.29) is 11.3 Å². The Hall–Kier alpha value is -1.22. The lowest BCUT2D eigenvalue weighted by atomic mass is 10.1. The molecule has 0 fully saturated rings. The van der Waals surface area contributed by atoms with Gasteiger partial charge in [0.1, 0.15) is 5.82 Å². The molecule has 1 rings (SSSR count). The maximum Gasteiger partial charge on any atom is 0.167 e. The number of hydrogen-bond donors (Lipinski definition) is 0. The summed E-state index contributed by atoms with van der Waals surface area (Å²) in [6.07, 6.45) is 1.43. The number of hydrogen-bond acceptors (Lipinski definition) is 2. The van der Waals surface area contributed by atoms with Crippen molar-refractivity contribution in [3.8, 4) is 0 Å². The van der Waals surface area contributed by atoms with Crippen molar-refractivity contribution in [2.75, 3.05) is 13.1 Å². The molecule has 1 aromatic carbocycles. The average Bonchev–Trinajstić information content (AvgIpc) is 2.39. The van der Waals surface area contributed by atoms with Crippen LogP contribution in [0.15, 0.2) is 24.3 Å². The highest BCUT2D eigenvalue weighted by Gasteiger charge is 2.14. The van der Waals surface area contributed by atoms with E-state index in [2.05, 4.69) is 25.7 Å². The summed E-state index contributed by atoms with van der Waals surface area (Å²) in [5.41, 5.74) is 0.206. The molecule has 0 saturated carbocycles. The van der Waals surface area contributed by atoms with E-state index in [0.29, 0.717) is 19.0 Å². The highest BCUT2D eigenvalue weighted by Crippen LogP contribution is 2.11. The molecular weight excluding hydrogens is 229 g/mol. The molecule has 1 unspecified atom stereocenters. The molecule has 0 radical (unpaired) electrons. The Morgan fingerprint density at radius 3 is 2.56 bits per heavy atom. The molecule has 3 heteroatoms. The summed E-state index contributed by atoms with van der Waals surface area (Å²) >= 11 is 0. The van der Waals surface area contributed by atoms with Crippen LogP contribution in [0.25, 0.3) is 0 Å². The van der Waals surface area contributed by atoms with E-state index in [1.807, 2.05) is 0 Å². The van der Waals surface area contributed by atoms with Crippen LogP contribution in [0.3, 0.4) is 0 Å². The van der Waals surface area contributed by atoms with Gasteiger partial charge in [0.25, 0.3) is 0 Å². The van der Waals surface area contributed by atoms with E-state index in [1.165, 1.54) is 6.07 Å². The lowest BCUT2D eigenvalue weighted by Crippen LogP contribution is -2.34. The number of rotatable bonds is 7. The minimum Gasteiger partial charge on any atom is -0.300 e. The van der Waals surface area contributed by atoms with Gasteiger partial charge in [-0.2, -0.15) is 0 Å². The van der Waals surface area contributed by atoms with Gasteiger partial charge in [0, 0.05) is 19.0 Å². The summed E-state index contributed by atoms with van der Waals surface area (Å²) in [6.45, 7) is 7.97. The van der Waals surface area contributed by atoms with Crippen molar-refractivity contribution in [3.63, 3.8) is 0 Å². The van der Waals surface area contributed by atoms with Gasteiger partial charge < -0.3 is 4.90 Å². The first-order chi connectivity index (χ1) is 8.60. The Kier molecular flexibility index (Phi) is 5.99. The van der Waals surface area contributed by atoms with Crippen LogP contribution in [-0.2, 0) is 0 Å². The van der Waals surface area contributed by atoms with Crippen molar-refractivity contribution in [1.29, 1.82) is 0 Å². The van der Waals surface area contributed by atoms with Crippen molar-refractivity contribution in [2.45, 2.75) is 39.7 Å². The van der Waals surface area contributed by atoms with Gasteiger partial charge in [-0.15, -0.1) is 0 Å². The third-order valence-electron chi connectivity index (χ3n) is 3.42. The van der Waals surface area contributed by atoms with Crippen molar-refractivity contribution >= 4 is 5.78 Å². The first-order valence-corrected chi connectivity index (χ1v) is 6.61. The van der Waals surface area contributed by atoms with Crippen molar-refractivity contribution in [2.24, 2.45) is 0 Å². The van der Waals surface area contributed by atoms with Crippen LogP contribution in [0.4, 0.5) is 4.39 Å². The molecular formula is C15H22FNO. The quantitative estimate of drug-likeness (QED) is 0.691. The van der Waals surface area contributed by atoms with E-state index >= 15 is 0 Å². The number of ketones is 1. The van der Waals surface area contributed by atoms with E-state index in [4.69, 9.17) is 0 Å². The number of nitrogens with zero attached hydrogens (tertiary/aromatic N) is 1. The Labute approximate surface area is 109 Å². The van der Waals surface area contributed by atoms with Gasteiger partial charge in [0.15, 0.2) is 5.78 Å². The largest absolute Gasteiger partial charge is 0.300 e. The van der Waals surface area contributed by atoms with Crippen molar-refractivity contribution in [3.05, 3.63) is 35.6 Å². The summed E-state index contributed by atoms with van der Waals surface area (Å²) in [7, 11) is 0. The normalized spacial score (nSPS) is 12.7. The van der Waals surface area contributed by atoms with Crippen LogP contribution in [0, 0.1) is 5.82 Å². The fraction of sp³-hybridized carbons (Fsp3) is 0.533. The molecule has 1 atom stereocenters. The predicted octanol–water partition coefficient (Wildman–Crippen LogP) is 3.52. The molecule has 0 aromatic heterocycles. The third kappa shape index (κ3) is 3.91. The second kappa shape index (κ2) is 7.27. The zero-order chi connectivity index (χ0) is 13.5. The molecule has 1 aromatic rings. The Morgan fingerprint density at radius 1 is 1.33 bits per heavy atom. The molecule has 0 heterocycles. The van der Waals surface area contributed by atoms with Crippen LogP contribution < -0.4 is 0 Å². The Balaban J connectivity index is 2.58. The monoisotopic (exact) mass is 251 g/mol. The SMILES string of the molecule is CCC(C)N(CC)CCC(=O)c1ccccc1F. The Morgan fingerprint density at radius 2 is 2.00 bits per heavy atom. The maximum atomic E-state index is 13.4. The summed E-state index contributed by atoms with van der Waals surface area (Å²) in [6, 6.07) is 6.64. The molecule has 0 aliphatic carbocycles. The topological polar surface area (TPSA) is 20.3 Å². The fourth-order valence-corrected chi connectivity index (χ4v) is 2.02. The zero-order valence-electron chi connectivity index (χ0n) is 11.4. The third-order valence-corrected chi connectivity index (χ3v) is 3.42. The van der Waals surface area contributed by atoms with Gasteiger partial charge in [0.2, 0.25) is 0 Å². The average molecular weight is 251 g/mol. The molecule has 0 aliphatic rings. The first kappa shape index (κ1) is 14.8. The number of halogens is 1. The molecule has 0 amide bonds. The number of benzene rings is 1. The van der Waals surface area contributed by atoms with Crippen LogP contribution in [0.1, 0.15) is 44.0 Å². The summed E-state index contributed by atoms with van der Waals surface area (Å²) in [5.74, 6) is -0.538. The highest BCUT2D eigenvalue weighted by molar-refractivity contribution is 5.96. The summed E-state index contributed by atoms with van der Waals surface area (Å²) in [5, 5.41) is 0. The van der Waals surface area contributed by atoms with Gasteiger partial charge in [-0.1, -0.05) is 26.0 Å². The molecule has 2 nitrogen and oxygen atoms in total. The van der Waals surface area contributed by atoms with Crippen LogP contribution in [-0.4, -0.2) is 29.8 Å². The minimum atomic E-state index is -0.422. The first-order valence-electron chi connectivity index (χ1n) is 6.61. The fourth-order valence-electron chi connectivity index (χ4n) is 2.02. The second-order valence-corrected chi connectivity index (χ2v) is 4.54. The summed E-state index contributed by atoms with van der Waals surface area (Å²) < 4.78 is 13.4. The van der Waals surface area contributed by atoms with Gasteiger partial charge in [-0.3, -0.25) is 4.79 Å². The van der Waals surface area contributed by atoms with Gasteiger partial charge >= 0.3 is 0 Å². The molecule has 0 bridgehead atoms. The van der Waals surface area contributed by atoms with E-state index < -0.39 is 5.82 Å². The molecule has 0 saturated heterocycles. The van der Waals surface area contributed by atoms with E-state index in [1.54, 1.807) is 18.2 Å². The maximum absolute atomic E-state index is 13.4. The standard InChI is InChI=1S/C15H22FNO/c1-4-12(3)17(5-2)11-10-15(18)13-8-6-7-9-14(13)16/h6-9,12H,4-5,10-11H2,1-3H3. The second-order valence-electron chi connectivity index (χ2n) is 4.54. The van der Waals surface area contributed by atoms with Crippen LogP contribution >= 0.6 is 0 Å². The smallest absolute Gasteiger partial charge is 0.167 e. The predicted molar refractivity (Wildman–Crippen MR) is 72.3 cm³/mol. The zero-order valence-corrected chi connectivity index (χ0v) is 11.4. The van der Waals surface area contributed by atoms with E-state index in [9.17, 15) is 9.18 Å². The lowest BCUT2D eigenvalue weighted by Gasteiger charge is -2.26. The van der Waals surface area contributed by atoms with Gasteiger partial charge in [-0.25, -0.2) is 4.39 Å². The summed E-state index contributed by atoms with van der Waals surface area (Å²) in [4.78, 5) is 14.2. The van der Waals surface area contributed by atoms with Crippen molar-refractivity contribution < 1.29 is 9.18 Å².